The van der Waals surface area contributed by atoms with Crippen molar-refractivity contribution in [3.8, 4) is 0 Å². The predicted molar refractivity (Wildman–Crippen MR) is 76.2 cm³/mol. The summed E-state index contributed by atoms with van der Waals surface area (Å²) in [6.07, 6.45) is 7.45. The number of rotatable bonds is 5. The number of nitrogens with zero attached hydrogens (tertiary/aromatic N) is 2. The summed E-state index contributed by atoms with van der Waals surface area (Å²) in [5.74, 6) is 0.908. The Bertz CT molecular complexity index is 372. The highest BCUT2D eigenvalue weighted by Crippen LogP contribution is 2.26. The zero-order valence-electron chi connectivity index (χ0n) is 11.6. The van der Waals surface area contributed by atoms with Crippen molar-refractivity contribution in [2.45, 2.75) is 51.2 Å². The fraction of sp³-hybridized carbons (Fsp3) is 0.667. The second-order valence-corrected chi connectivity index (χ2v) is 5.33. The Morgan fingerprint density at radius 2 is 2.05 bits per heavy atom. The van der Waals surface area contributed by atoms with Gasteiger partial charge in [0.1, 0.15) is 5.82 Å². The number of pyridine rings is 1. The van der Waals surface area contributed by atoms with E-state index < -0.39 is 6.10 Å². The molecule has 1 aromatic rings. The highest BCUT2D eigenvalue weighted by atomic mass is 16.3. The first kappa shape index (κ1) is 14.3. The molecule has 1 fully saturated rings. The van der Waals surface area contributed by atoms with Crippen LogP contribution in [0.3, 0.4) is 0 Å². The number of aliphatic hydroxyl groups is 2. The Labute approximate surface area is 115 Å². The highest BCUT2D eigenvalue weighted by Gasteiger charge is 2.21. The topological polar surface area (TPSA) is 56.6 Å². The maximum absolute atomic E-state index is 9.51. The van der Waals surface area contributed by atoms with E-state index >= 15 is 0 Å². The summed E-state index contributed by atoms with van der Waals surface area (Å²) in [4.78, 5) is 6.66. The van der Waals surface area contributed by atoms with Gasteiger partial charge in [0.15, 0.2) is 0 Å². The van der Waals surface area contributed by atoms with Gasteiger partial charge in [0.25, 0.3) is 0 Å². The number of aliphatic hydroxyl groups excluding tert-OH is 2. The van der Waals surface area contributed by atoms with E-state index in [0.29, 0.717) is 12.6 Å². The molecule has 1 aliphatic carbocycles. The average Bonchev–Trinajstić information content (AvgIpc) is 2.46. The lowest BCUT2D eigenvalue weighted by molar-refractivity contribution is 0.199. The van der Waals surface area contributed by atoms with E-state index in [4.69, 9.17) is 0 Å². The van der Waals surface area contributed by atoms with Gasteiger partial charge in [-0.2, -0.15) is 0 Å². The zero-order valence-corrected chi connectivity index (χ0v) is 11.6. The molecule has 19 heavy (non-hydrogen) atoms. The maximum atomic E-state index is 9.51. The lowest BCUT2D eigenvalue weighted by atomic mass is 9.94. The SMILES string of the molecule is C[C@@H](O)c1ccc(N(CCO)C2CCCCC2)nc1. The summed E-state index contributed by atoms with van der Waals surface area (Å²) >= 11 is 0. The summed E-state index contributed by atoms with van der Waals surface area (Å²) in [5, 5.41) is 18.8. The molecule has 0 unspecified atom stereocenters. The van der Waals surface area contributed by atoms with Gasteiger partial charge in [0.05, 0.1) is 12.7 Å². The fourth-order valence-electron chi connectivity index (χ4n) is 2.80. The van der Waals surface area contributed by atoms with Gasteiger partial charge < -0.3 is 15.1 Å². The van der Waals surface area contributed by atoms with Crippen LogP contribution in [0.2, 0.25) is 0 Å². The minimum atomic E-state index is -0.484. The Morgan fingerprint density at radius 1 is 1.32 bits per heavy atom. The molecule has 2 rings (SSSR count). The summed E-state index contributed by atoms with van der Waals surface area (Å²) in [6.45, 7) is 2.52. The van der Waals surface area contributed by atoms with Crippen molar-refractivity contribution in [2.24, 2.45) is 0 Å². The van der Waals surface area contributed by atoms with Gasteiger partial charge in [-0.3, -0.25) is 0 Å². The van der Waals surface area contributed by atoms with Crippen molar-refractivity contribution in [2.75, 3.05) is 18.1 Å². The second kappa shape index (κ2) is 6.87. The van der Waals surface area contributed by atoms with E-state index in [1.807, 2.05) is 12.1 Å². The molecule has 0 aromatic carbocycles. The normalized spacial score (nSPS) is 18.3. The van der Waals surface area contributed by atoms with Crippen LogP contribution in [0, 0.1) is 0 Å². The molecule has 0 spiro atoms. The van der Waals surface area contributed by atoms with Crippen LogP contribution in [0.15, 0.2) is 18.3 Å². The van der Waals surface area contributed by atoms with Gasteiger partial charge in [-0.05, 0) is 31.4 Å². The number of hydrogen-bond donors (Lipinski definition) is 2. The van der Waals surface area contributed by atoms with Crippen LogP contribution in [-0.2, 0) is 0 Å². The lowest BCUT2D eigenvalue weighted by Gasteiger charge is -2.35. The fourth-order valence-corrected chi connectivity index (χ4v) is 2.80. The van der Waals surface area contributed by atoms with Gasteiger partial charge in [-0.25, -0.2) is 4.98 Å². The Morgan fingerprint density at radius 3 is 2.58 bits per heavy atom. The second-order valence-electron chi connectivity index (χ2n) is 5.33. The van der Waals surface area contributed by atoms with Crippen molar-refractivity contribution in [1.29, 1.82) is 0 Å². The van der Waals surface area contributed by atoms with Crippen LogP contribution in [-0.4, -0.2) is 34.4 Å². The van der Waals surface area contributed by atoms with Crippen molar-refractivity contribution in [3.63, 3.8) is 0 Å². The van der Waals surface area contributed by atoms with Crippen LogP contribution in [0.4, 0.5) is 5.82 Å². The van der Waals surface area contributed by atoms with Crippen molar-refractivity contribution in [1.82, 2.24) is 4.98 Å². The van der Waals surface area contributed by atoms with Crippen molar-refractivity contribution < 1.29 is 10.2 Å². The standard InChI is InChI=1S/C15H24N2O2/c1-12(19)13-7-8-15(16-11-13)17(9-10-18)14-5-3-2-4-6-14/h7-8,11-12,14,18-19H,2-6,9-10H2,1H3/t12-/m1/s1. The summed E-state index contributed by atoms with van der Waals surface area (Å²) < 4.78 is 0. The van der Waals surface area contributed by atoms with Crippen LogP contribution < -0.4 is 4.90 Å². The molecule has 0 radical (unpaired) electrons. The summed E-state index contributed by atoms with van der Waals surface area (Å²) in [5.41, 5.74) is 0.830. The van der Waals surface area contributed by atoms with Crippen LogP contribution >= 0.6 is 0 Å². The average molecular weight is 264 g/mol. The Balaban J connectivity index is 2.13. The van der Waals surface area contributed by atoms with E-state index in [2.05, 4.69) is 9.88 Å². The Hall–Kier alpha value is -1.13. The molecule has 1 atom stereocenters. The molecule has 1 saturated carbocycles. The lowest BCUT2D eigenvalue weighted by Crippen LogP contribution is -2.39. The minimum Gasteiger partial charge on any atom is -0.395 e. The van der Waals surface area contributed by atoms with Crippen LogP contribution in [0.5, 0.6) is 0 Å². The molecule has 0 amide bonds. The molecule has 0 saturated heterocycles. The van der Waals surface area contributed by atoms with E-state index in [0.717, 1.165) is 11.4 Å². The molecule has 0 aliphatic heterocycles. The smallest absolute Gasteiger partial charge is 0.128 e. The highest BCUT2D eigenvalue weighted by molar-refractivity contribution is 5.41. The van der Waals surface area contributed by atoms with E-state index in [9.17, 15) is 10.2 Å². The van der Waals surface area contributed by atoms with Gasteiger partial charge in [-0.1, -0.05) is 25.3 Å². The zero-order chi connectivity index (χ0) is 13.7. The third kappa shape index (κ3) is 3.67. The third-order valence-electron chi connectivity index (χ3n) is 3.90. The van der Waals surface area contributed by atoms with E-state index in [1.165, 1.54) is 32.1 Å². The van der Waals surface area contributed by atoms with Crippen LogP contribution in [0.25, 0.3) is 0 Å². The predicted octanol–water partition coefficient (Wildman–Crippen LogP) is 2.27. The molecule has 1 aromatic heterocycles. The number of hydrogen-bond acceptors (Lipinski definition) is 4. The first-order valence-electron chi connectivity index (χ1n) is 7.24. The summed E-state index contributed by atoms with van der Waals surface area (Å²) in [6, 6.07) is 4.36. The van der Waals surface area contributed by atoms with Crippen LogP contribution in [0.1, 0.15) is 50.7 Å². The first-order valence-corrected chi connectivity index (χ1v) is 7.24. The number of aromatic nitrogens is 1. The number of anilines is 1. The molecule has 4 nitrogen and oxygen atoms in total. The summed E-state index contributed by atoms with van der Waals surface area (Å²) in [7, 11) is 0. The largest absolute Gasteiger partial charge is 0.395 e. The van der Waals surface area contributed by atoms with Crippen molar-refractivity contribution in [3.05, 3.63) is 23.9 Å². The monoisotopic (exact) mass is 264 g/mol. The van der Waals surface area contributed by atoms with E-state index in [-0.39, 0.29) is 6.61 Å². The minimum absolute atomic E-state index is 0.149. The molecule has 106 valence electrons. The molecular formula is C15H24N2O2. The molecule has 2 N–H and O–H groups in total. The quantitative estimate of drug-likeness (QED) is 0.856. The molecule has 1 aliphatic rings. The van der Waals surface area contributed by atoms with E-state index in [1.54, 1.807) is 13.1 Å². The van der Waals surface area contributed by atoms with Gasteiger partial charge in [0.2, 0.25) is 0 Å². The molecule has 4 heteroatoms. The molecule has 0 bridgehead atoms. The molecular weight excluding hydrogens is 240 g/mol. The van der Waals surface area contributed by atoms with Crippen molar-refractivity contribution >= 4 is 5.82 Å². The Kier molecular flexibility index (Phi) is 5.16. The first-order chi connectivity index (χ1) is 9.22. The van der Waals surface area contributed by atoms with Gasteiger partial charge in [-0.15, -0.1) is 0 Å². The van der Waals surface area contributed by atoms with Gasteiger partial charge >= 0.3 is 0 Å². The third-order valence-corrected chi connectivity index (χ3v) is 3.90. The maximum Gasteiger partial charge on any atom is 0.128 e. The molecule has 1 heterocycles. The van der Waals surface area contributed by atoms with Gasteiger partial charge in [0, 0.05) is 18.8 Å².